The normalized spacial score (nSPS) is 17.2. The first-order valence-corrected chi connectivity index (χ1v) is 6.62. The Kier molecular flexibility index (Phi) is 4.10. The molecule has 0 amide bonds. The van der Waals surface area contributed by atoms with Crippen LogP contribution in [-0.4, -0.2) is 27.1 Å². The summed E-state index contributed by atoms with van der Waals surface area (Å²) in [6.45, 7) is 0.564. The van der Waals surface area contributed by atoms with Gasteiger partial charge in [0.05, 0.1) is 14.2 Å². The van der Waals surface area contributed by atoms with E-state index in [1.807, 2.05) is 6.07 Å². The SMILES string of the molecule is COc1cc(C=O)cc(C2(CN)CCCC2)c1OC. The Hall–Kier alpha value is -1.55. The maximum atomic E-state index is 11.1. The molecule has 4 heteroatoms. The highest BCUT2D eigenvalue weighted by atomic mass is 16.5. The van der Waals surface area contributed by atoms with Crippen LogP contribution in [0.3, 0.4) is 0 Å². The lowest BCUT2D eigenvalue weighted by molar-refractivity contribution is 0.112. The van der Waals surface area contributed by atoms with Crippen LogP contribution in [0.15, 0.2) is 12.1 Å². The van der Waals surface area contributed by atoms with Crippen molar-refractivity contribution in [3.8, 4) is 11.5 Å². The second-order valence-corrected chi connectivity index (χ2v) is 5.11. The van der Waals surface area contributed by atoms with Gasteiger partial charge in [-0.15, -0.1) is 0 Å². The van der Waals surface area contributed by atoms with Crippen LogP contribution < -0.4 is 15.2 Å². The maximum Gasteiger partial charge on any atom is 0.164 e. The standard InChI is InChI=1S/C15H21NO3/c1-18-13-8-11(9-17)7-12(14(13)19-2)15(10-16)5-3-4-6-15/h7-9H,3-6,10,16H2,1-2H3. The van der Waals surface area contributed by atoms with Gasteiger partial charge in [-0.1, -0.05) is 12.8 Å². The number of hydrogen-bond acceptors (Lipinski definition) is 4. The van der Waals surface area contributed by atoms with Gasteiger partial charge in [-0.25, -0.2) is 0 Å². The van der Waals surface area contributed by atoms with Crippen molar-refractivity contribution in [3.63, 3.8) is 0 Å². The van der Waals surface area contributed by atoms with Crippen LogP contribution in [-0.2, 0) is 5.41 Å². The minimum atomic E-state index is -0.0857. The van der Waals surface area contributed by atoms with Crippen molar-refractivity contribution >= 4 is 6.29 Å². The van der Waals surface area contributed by atoms with Gasteiger partial charge in [0.2, 0.25) is 0 Å². The van der Waals surface area contributed by atoms with Crippen molar-refractivity contribution in [2.24, 2.45) is 5.73 Å². The molecule has 19 heavy (non-hydrogen) atoms. The molecule has 0 atom stereocenters. The van der Waals surface area contributed by atoms with Gasteiger partial charge in [0.1, 0.15) is 6.29 Å². The van der Waals surface area contributed by atoms with Crippen LogP contribution in [0.4, 0.5) is 0 Å². The number of benzene rings is 1. The second kappa shape index (κ2) is 5.61. The monoisotopic (exact) mass is 263 g/mol. The lowest BCUT2D eigenvalue weighted by Gasteiger charge is -2.30. The Morgan fingerprint density at radius 3 is 2.42 bits per heavy atom. The molecular formula is C15H21NO3. The fraction of sp³-hybridized carbons (Fsp3) is 0.533. The van der Waals surface area contributed by atoms with Crippen LogP contribution in [0, 0.1) is 0 Å². The van der Waals surface area contributed by atoms with Gasteiger partial charge in [-0.05, 0) is 25.0 Å². The summed E-state index contributed by atoms with van der Waals surface area (Å²) in [4.78, 5) is 11.1. The summed E-state index contributed by atoms with van der Waals surface area (Å²) >= 11 is 0. The third kappa shape index (κ3) is 2.32. The van der Waals surface area contributed by atoms with Crippen LogP contribution in [0.25, 0.3) is 0 Å². The average Bonchev–Trinajstić information content (AvgIpc) is 2.95. The molecule has 1 aliphatic carbocycles. The van der Waals surface area contributed by atoms with E-state index in [1.54, 1.807) is 20.3 Å². The molecule has 1 fully saturated rings. The molecule has 2 N–H and O–H groups in total. The Morgan fingerprint density at radius 1 is 1.26 bits per heavy atom. The Bertz CT molecular complexity index is 465. The van der Waals surface area contributed by atoms with Crippen molar-refractivity contribution < 1.29 is 14.3 Å². The molecule has 1 saturated carbocycles. The highest BCUT2D eigenvalue weighted by molar-refractivity contribution is 5.78. The molecule has 4 nitrogen and oxygen atoms in total. The van der Waals surface area contributed by atoms with Gasteiger partial charge < -0.3 is 15.2 Å². The molecule has 104 valence electrons. The zero-order chi connectivity index (χ0) is 13.9. The molecule has 1 aromatic carbocycles. The molecular weight excluding hydrogens is 242 g/mol. The fourth-order valence-corrected chi connectivity index (χ4v) is 3.08. The third-order valence-corrected chi connectivity index (χ3v) is 4.16. The summed E-state index contributed by atoms with van der Waals surface area (Å²) in [5, 5.41) is 0. The van der Waals surface area contributed by atoms with Gasteiger partial charge in [0, 0.05) is 23.1 Å². The topological polar surface area (TPSA) is 61.5 Å². The number of rotatable bonds is 5. The van der Waals surface area contributed by atoms with E-state index in [4.69, 9.17) is 15.2 Å². The van der Waals surface area contributed by atoms with E-state index in [-0.39, 0.29) is 5.41 Å². The molecule has 0 spiro atoms. The maximum absolute atomic E-state index is 11.1. The van der Waals surface area contributed by atoms with E-state index in [0.717, 1.165) is 37.5 Å². The summed E-state index contributed by atoms with van der Waals surface area (Å²) in [6.07, 6.45) is 5.23. The summed E-state index contributed by atoms with van der Waals surface area (Å²) in [6, 6.07) is 3.60. The Morgan fingerprint density at radius 2 is 1.95 bits per heavy atom. The number of aldehydes is 1. The van der Waals surface area contributed by atoms with Gasteiger partial charge >= 0.3 is 0 Å². The molecule has 0 bridgehead atoms. The lowest BCUT2D eigenvalue weighted by Crippen LogP contribution is -2.32. The molecule has 1 aliphatic rings. The number of methoxy groups -OCH3 is 2. The quantitative estimate of drug-likeness (QED) is 0.828. The van der Waals surface area contributed by atoms with Crippen molar-refractivity contribution in [1.82, 2.24) is 0 Å². The molecule has 0 aliphatic heterocycles. The van der Waals surface area contributed by atoms with Crippen LogP contribution in [0.5, 0.6) is 11.5 Å². The van der Waals surface area contributed by atoms with Gasteiger partial charge in [-0.3, -0.25) is 4.79 Å². The summed E-state index contributed by atoms with van der Waals surface area (Å²) in [7, 11) is 3.21. The van der Waals surface area contributed by atoms with E-state index in [0.29, 0.717) is 23.6 Å². The number of ether oxygens (including phenoxy) is 2. The number of carbonyl (C=O) groups excluding carboxylic acids is 1. The first kappa shape index (κ1) is 13.9. The molecule has 0 saturated heterocycles. The predicted octanol–water partition coefficient (Wildman–Crippen LogP) is 2.29. The molecule has 0 aromatic heterocycles. The first-order chi connectivity index (χ1) is 9.20. The van der Waals surface area contributed by atoms with Gasteiger partial charge in [-0.2, -0.15) is 0 Å². The third-order valence-electron chi connectivity index (χ3n) is 4.16. The number of carbonyl (C=O) groups is 1. The smallest absolute Gasteiger partial charge is 0.164 e. The molecule has 0 heterocycles. The fourth-order valence-electron chi connectivity index (χ4n) is 3.08. The molecule has 0 radical (unpaired) electrons. The van der Waals surface area contributed by atoms with Crippen molar-refractivity contribution in [1.29, 1.82) is 0 Å². The number of hydrogen-bond donors (Lipinski definition) is 1. The van der Waals surface area contributed by atoms with E-state index in [9.17, 15) is 4.79 Å². The lowest BCUT2D eigenvalue weighted by atomic mass is 9.77. The Balaban J connectivity index is 2.62. The summed E-state index contributed by atoms with van der Waals surface area (Å²) in [5.74, 6) is 1.31. The molecule has 0 unspecified atom stereocenters. The van der Waals surface area contributed by atoms with E-state index in [1.165, 1.54) is 0 Å². The van der Waals surface area contributed by atoms with Crippen molar-refractivity contribution in [2.75, 3.05) is 20.8 Å². The van der Waals surface area contributed by atoms with E-state index >= 15 is 0 Å². The first-order valence-electron chi connectivity index (χ1n) is 6.62. The van der Waals surface area contributed by atoms with Gasteiger partial charge in [0.15, 0.2) is 11.5 Å². The minimum absolute atomic E-state index is 0.0857. The average molecular weight is 263 g/mol. The highest BCUT2D eigenvalue weighted by Crippen LogP contribution is 2.47. The van der Waals surface area contributed by atoms with Gasteiger partial charge in [0.25, 0.3) is 0 Å². The van der Waals surface area contributed by atoms with Crippen molar-refractivity contribution in [2.45, 2.75) is 31.1 Å². The summed E-state index contributed by atoms with van der Waals surface area (Å²) in [5.41, 5.74) is 7.55. The highest BCUT2D eigenvalue weighted by Gasteiger charge is 2.37. The Labute approximate surface area is 113 Å². The zero-order valence-corrected chi connectivity index (χ0v) is 11.6. The van der Waals surface area contributed by atoms with Crippen LogP contribution in [0.2, 0.25) is 0 Å². The van der Waals surface area contributed by atoms with Crippen LogP contribution in [0.1, 0.15) is 41.6 Å². The number of nitrogens with two attached hydrogens (primary N) is 1. The van der Waals surface area contributed by atoms with E-state index in [2.05, 4.69) is 0 Å². The van der Waals surface area contributed by atoms with Crippen molar-refractivity contribution in [3.05, 3.63) is 23.3 Å². The van der Waals surface area contributed by atoms with E-state index < -0.39 is 0 Å². The summed E-state index contributed by atoms with van der Waals surface area (Å²) < 4.78 is 10.9. The molecule has 1 aromatic rings. The van der Waals surface area contributed by atoms with Crippen LogP contribution >= 0.6 is 0 Å². The zero-order valence-electron chi connectivity index (χ0n) is 11.6. The second-order valence-electron chi connectivity index (χ2n) is 5.11. The largest absolute Gasteiger partial charge is 0.493 e. The minimum Gasteiger partial charge on any atom is -0.493 e. The molecule has 2 rings (SSSR count). The predicted molar refractivity (Wildman–Crippen MR) is 74.1 cm³/mol.